The second kappa shape index (κ2) is 5.43. The third kappa shape index (κ3) is 3.21. The molecule has 0 fully saturated rings. The number of ether oxygens (including phenoxy) is 1. The third-order valence-electron chi connectivity index (χ3n) is 1.63. The summed E-state index contributed by atoms with van der Waals surface area (Å²) in [7, 11) is 0. The van der Waals surface area contributed by atoms with E-state index in [2.05, 4.69) is 10.2 Å². The van der Waals surface area contributed by atoms with Crippen molar-refractivity contribution in [1.82, 2.24) is 4.98 Å². The first-order chi connectivity index (χ1) is 6.74. The van der Waals surface area contributed by atoms with Gasteiger partial charge < -0.3 is 4.74 Å². The molecule has 14 heavy (non-hydrogen) atoms. The van der Waals surface area contributed by atoms with Gasteiger partial charge in [0.25, 0.3) is 0 Å². The van der Waals surface area contributed by atoms with Crippen LogP contribution in [0.15, 0.2) is 10.7 Å². The quantitative estimate of drug-likeness (QED) is 0.547. The van der Waals surface area contributed by atoms with Crippen molar-refractivity contribution in [3.05, 3.63) is 21.0 Å². The Labute approximate surface area is 85.1 Å². The molecule has 76 valence electrons. The van der Waals surface area contributed by atoms with Gasteiger partial charge in [0.05, 0.1) is 17.8 Å². The van der Waals surface area contributed by atoms with Gasteiger partial charge >= 0.3 is 5.97 Å². The van der Waals surface area contributed by atoms with Crippen LogP contribution in [0.2, 0.25) is 0 Å². The minimum atomic E-state index is -0.581. The van der Waals surface area contributed by atoms with Crippen LogP contribution in [0, 0.1) is 11.8 Å². The van der Waals surface area contributed by atoms with Crippen LogP contribution in [0.25, 0.3) is 0 Å². The minimum absolute atomic E-state index is 0.275. The van der Waals surface area contributed by atoms with Gasteiger partial charge in [0.15, 0.2) is 6.54 Å². The van der Waals surface area contributed by atoms with E-state index in [4.69, 9.17) is 4.74 Å². The molecular formula is C8H10N2O3S. The third-order valence-corrected chi connectivity index (χ3v) is 2.63. The summed E-state index contributed by atoms with van der Waals surface area (Å²) in [6, 6.07) is 0. The zero-order valence-corrected chi connectivity index (χ0v) is 8.54. The Morgan fingerprint density at radius 1 is 1.71 bits per heavy atom. The number of aryl methyl sites for hydroxylation is 1. The van der Waals surface area contributed by atoms with E-state index in [1.165, 1.54) is 11.3 Å². The van der Waals surface area contributed by atoms with Gasteiger partial charge in [-0.25, -0.2) is 9.78 Å². The summed E-state index contributed by atoms with van der Waals surface area (Å²) in [5.74, 6) is -0.581. The van der Waals surface area contributed by atoms with Gasteiger partial charge in [-0.05, 0) is 6.92 Å². The van der Waals surface area contributed by atoms with Crippen molar-refractivity contribution in [2.45, 2.75) is 13.3 Å². The molecule has 0 aromatic carbocycles. The molecule has 6 heteroatoms. The Balaban J connectivity index is 2.25. The predicted molar refractivity (Wildman–Crippen MR) is 52.2 cm³/mol. The standard InChI is InChI=1S/C8H10N2O3S/c1-6-7(14-5-9-6)2-3-13-8(11)4-10-12/h5H,2-4H2,1H3. The monoisotopic (exact) mass is 214 g/mol. The normalized spacial score (nSPS) is 9.79. The summed E-state index contributed by atoms with van der Waals surface area (Å²) in [6.45, 7) is 1.76. The van der Waals surface area contributed by atoms with Gasteiger partial charge in [-0.1, -0.05) is 5.18 Å². The van der Waals surface area contributed by atoms with Crippen molar-refractivity contribution in [1.29, 1.82) is 0 Å². The zero-order valence-electron chi connectivity index (χ0n) is 7.73. The van der Waals surface area contributed by atoms with Gasteiger partial charge in [0.1, 0.15) is 0 Å². The lowest BCUT2D eigenvalue weighted by Crippen LogP contribution is -2.10. The number of esters is 1. The van der Waals surface area contributed by atoms with Crippen molar-refractivity contribution >= 4 is 17.3 Å². The number of hydrogen-bond donors (Lipinski definition) is 0. The first-order valence-corrected chi connectivity index (χ1v) is 4.95. The molecule has 0 amide bonds. The molecule has 0 unspecified atom stereocenters. The molecule has 0 bridgehead atoms. The maximum absolute atomic E-state index is 10.7. The van der Waals surface area contributed by atoms with Crippen LogP contribution in [-0.4, -0.2) is 24.1 Å². The molecule has 1 rings (SSSR count). The molecule has 1 heterocycles. The van der Waals surface area contributed by atoms with E-state index in [0.717, 1.165) is 10.6 Å². The second-order valence-corrected chi connectivity index (χ2v) is 3.56. The molecular weight excluding hydrogens is 204 g/mol. The first-order valence-electron chi connectivity index (χ1n) is 4.07. The fourth-order valence-electron chi connectivity index (χ4n) is 0.922. The van der Waals surface area contributed by atoms with Crippen molar-refractivity contribution in [3.8, 4) is 0 Å². The molecule has 0 aliphatic carbocycles. The van der Waals surface area contributed by atoms with Crippen molar-refractivity contribution in [2.24, 2.45) is 5.18 Å². The lowest BCUT2D eigenvalue weighted by Gasteiger charge is -2.00. The van der Waals surface area contributed by atoms with Crippen LogP contribution in [0.5, 0.6) is 0 Å². The van der Waals surface area contributed by atoms with Crippen molar-refractivity contribution < 1.29 is 9.53 Å². The van der Waals surface area contributed by atoms with E-state index < -0.39 is 12.5 Å². The molecule has 0 saturated heterocycles. The lowest BCUT2D eigenvalue weighted by molar-refractivity contribution is -0.141. The average Bonchev–Trinajstić information content (AvgIpc) is 2.52. The molecule has 0 aliphatic rings. The van der Waals surface area contributed by atoms with Crippen LogP contribution in [0.1, 0.15) is 10.6 Å². The number of nitrogens with zero attached hydrogens (tertiary/aromatic N) is 2. The summed E-state index contributed by atoms with van der Waals surface area (Å²) in [4.78, 5) is 25.6. The number of nitroso groups, excluding NO2 is 1. The van der Waals surface area contributed by atoms with Gasteiger partial charge in [0, 0.05) is 11.3 Å². The van der Waals surface area contributed by atoms with Crippen molar-refractivity contribution in [2.75, 3.05) is 13.2 Å². The van der Waals surface area contributed by atoms with Crippen LogP contribution in [0.3, 0.4) is 0 Å². The second-order valence-electron chi connectivity index (χ2n) is 2.62. The summed E-state index contributed by atoms with van der Waals surface area (Å²) < 4.78 is 4.76. The number of carbonyl (C=O) groups is 1. The molecule has 1 aromatic rings. The van der Waals surface area contributed by atoms with Gasteiger partial charge in [-0.2, -0.15) is 4.91 Å². The molecule has 5 nitrogen and oxygen atoms in total. The van der Waals surface area contributed by atoms with Crippen LogP contribution in [0.4, 0.5) is 0 Å². The van der Waals surface area contributed by atoms with E-state index >= 15 is 0 Å². The van der Waals surface area contributed by atoms with Gasteiger partial charge in [-0.15, -0.1) is 11.3 Å². The summed E-state index contributed by atoms with van der Waals surface area (Å²) in [6.07, 6.45) is 0.640. The molecule has 0 aliphatic heterocycles. The highest BCUT2D eigenvalue weighted by Gasteiger charge is 2.04. The summed E-state index contributed by atoms with van der Waals surface area (Å²) >= 11 is 1.53. The Morgan fingerprint density at radius 2 is 2.50 bits per heavy atom. The number of thiazole rings is 1. The molecule has 0 saturated carbocycles. The number of aromatic nitrogens is 1. The number of carbonyl (C=O) groups excluding carboxylic acids is 1. The predicted octanol–water partition coefficient (Wildman–Crippen LogP) is 1.30. The van der Waals surface area contributed by atoms with E-state index in [-0.39, 0.29) is 6.61 Å². The maximum Gasteiger partial charge on any atom is 0.331 e. The average molecular weight is 214 g/mol. The van der Waals surface area contributed by atoms with Crippen molar-refractivity contribution in [3.63, 3.8) is 0 Å². The van der Waals surface area contributed by atoms with Crippen LogP contribution in [-0.2, 0) is 16.0 Å². The van der Waals surface area contributed by atoms with E-state index in [0.29, 0.717) is 6.42 Å². The SMILES string of the molecule is Cc1ncsc1CCOC(=O)CN=O. The largest absolute Gasteiger partial charge is 0.464 e. The topological polar surface area (TPSA) is 68.6 Å². The Hall–Kier alpha value is -1.30. The minimum Gasteiger partial charge on any atom is -0.464 e. The highest BCUT2D eigenvalue weighted by Crippen LogP contribution is 2.12. The first kappa shape index (κ1) is 10.8. The highest BCUT2D eigenvalue weighted by atomic mass is 32.1. The van der Waals surface area contributed by atoms with Gasteiger partial charge in [0.2, 0.25) is 0 Å². The smallest absolute Gasteiger partial charge is 0.331 e. The van der Waals surface area contributed by atoms with Gasteiger partial charge in [-0.3, -0.25) is 0 Å². The van der Waals surface area contributed by atoms with E-state index in [9.17, 15) is 9.70 Å². The molecule has 0 N–H and O–H groups in total. The molecule has 0 radical (unpaired) electrons. The Kier molecular flexibility index (Phi) is 4.18. The fraction of sp³-hybridized carbons (Fsp3) is 0.500. The number of hydrogen-bond acceptors (Lipinski definition) is 6. The number of rotatable bonds is 5. The fourth-order valence-corrected chi connectivity index (χ4v) is 1.68. The van der Waals surface area contributed by atoms with Crippen LogP contribution < -0.4 is 0 Å². The molecule has 0 spiro atoms. The molecule has 1 aromatic heterocycles. The Morgan fingerprint density at radius 3 is 3.07 bits per heavy atom. The summed E-state index contributed by atoms with van der Waals surface area (Å²) in [5.41, 5.74) is 2.71. The Bertz CT molecular complexity index is 324. The molecule has 0 atom stereocenters. The van der Waals surface area contributed by atoms with Crippen LogP contribution >= 0.6 is 11.3 Å². The van der Waals surface area contributed by atoms with E-state index in [1.54, 1.807) is 5.51 Å². The highest BCUT2D eigenvalue weighted by molar-refractivity contribution is 7.09. The zero-order chi connectivity index (χ0) is 10.4. The van der Waals surface area contributed by atoms with E-state index in [1.807, 2.05) is 6.92 Å². The maximum atomic E-state index is 10.7. The summed E-state index contributed by atoms with van der Waals surface area (Å²) in [5, 5.41) is 2.43. The lowest BCUT2D eigenvalue weighted by atomic mass is 10.3.